The molecular weight excluding hydrogens is 322 g/mol. The predicted molar refractivity (Wildman–Crippen MR) is 99.3 cm³/mol. The first-order valence-corrected chi connectivity index (χ1v) is 8.33. The first-order valence-electron chi connectivity index (χ1n) is 7.95. The molecule has 0 atom stereocenters. The maximum Gasteiger partial charge on any atom is 0.222 e. The lowest BCUT2D eigenvalue weighted by molar-refractivity contribution is 0.735. The lowest BCUT2D eigenvalue weighted by Gasteiger charge is -2.10. The van der Waals surface area contributed by atoms with Gasteiger partial charge in [-0.25, -0.2) is 4.98 Å². The van der Waals surface area contributed by atoms with Crippen molar-refractivity contribution in [2.24, 2.45) is 0 Å². The van der Waals surface area contributed by atoms with Crippen molar-refractivity contribution in [3.63, 3.8) is 0 Å². The molecule has 124 valence electrons. The van der Waals surface area contributed by atoms with Crippen LogP contribution in [0.15, 0.2) is 54.4 Å². The average Bonchev–Trinajstić information content (AvgIpc) is 3.09. The maximum absolute atomic E-state index is 6.09. The van der Waals surface area contributed by atoms with Crippen LogP contribution in [0.2, 0.25) is 5.02 Å². The summed E-state index contributed by atoms with van der Waals surface area (Å²) in [6.45, 7) is 0.960. The topological polar surface area (TPSA) is 75.9 Å². The first-order chi connectivity index (χ1) is 11.7. The minimum atomic E-state index is 0.194. The quantitative estimate of drug-likeness (QED) is 0.667. The van der Waals surface area contributed by atoms with Gasteiger partial charge in [0.15, 0.2) is 5.82 Å². The Kier molecular flexibility index (Phi) is 5.33. The van der Waals surface area contributed by atoms with Crippen LogP contribution < -0.4 is 16.4 Å². The number of rotatable bonds is 7. The van der Waals surface area contributed by atoms with Gasteiger partial charge in [-0.1, -0.05) is 35.9 Å². The van der Waals surface area contributed by atoms with E-state index in [-0.39, 0.29) is 5.95 Å². The van der Waals surface area contributed by atoms with Crippen LogP contribution in [0, 0.1) is 0 Å². The monoisotopic (exact) mass is 341 g/mol. The molecule has 1 heterocycles. The Balaban J connectivity index is 1.55. The zero-order valence-electron chi connectivity index (χ0n) is 13.3. The first kappa shape index (κ1) is 16.3. The second-order valence-corrected chi connectivity index (χ2v) is 5.99. The molecule has 0 aliphatic heterocycles. The number of anilines is 3. The van der Waals surface area contributed by atoms with E-state index in [1.165, 1.54) is 17.5 Å². The number of nitrogens with zero attached hydrogens (tertiary/aromatic N) is 2. The standard InChI is InChI=1S/C18H20ClN5/c19-16-12-22-18(20)24-17(16)23-15-9-3-5-13(11-15)6-4-10-21-14-7-1-2-8-14/h1,3,5,7-9,11-12,21H,2,4,6,10H2,(H3,20,22,23,24). The van der Waals surface area contributed by atoms with Crippen molar-refractivity contribution < 1.29 is 0 Å². The van der Waals surface area contributed by atoms with Crippen LogP contribution in [0.5, 0.6) is 0 Å². The molecule has 1 aliphatic rings. The predicted octanol–water partition coefficient (Wildman–Crippen LogP) is 3.82. The highest BCUT2D eigenvalue weighted by Gasteiger charge is 2.05. The number of hydrogen-bond donors (Lipinski definition) is 3. The van der Waals surface area contributed by atoms with Gasteiger partial charge in [-0.3, -0.25) is 0 Å². The van der Waals surface area contributed by atoms with Crippen LogP contribution >= 0.6 is 11.6 Å². The van der Waals surface area contributed by atoms with Gasteiger partial charge in [0.25, 0.3) is 0 Å². The van der Waals surface area contributed by atoms with Crippen LogP contribution in [0.25, 0.3) is 0 Å². The molecule has 6 heteroatoms. The zero-order valence-corrected chi connectivity index (χ0v) is 14.1. The third-order valence-electron chi connectivity index (χ3n) is 3.70. The molecule has 0 radical (unpaired) electrons. The number of aryl methyl sites for hydroxylation is 1. The van der Waals surface area contributed by atoms with E-state index in [2.05, 4.69) is 51.0 Å². The number of halogens is 1. The number of nitrogens with one attached hydrogen (secondary N) is 2. The minimum absolute atomic E-state index is 0.194. The molecule has 1 aromatic heterocycles. The van der Waals surface area contributed by atoms with E-state index >= 15 is 0 Å². The van der Waals surface area contributed by atoms with Crippen molar-refractivity contribution in [1.29, 1.82) is 0 Å². The Morgan fingerprint density at radius 3 is 3.04 bits per heavy atom. The molecule has 0 bridgehead atoms. The number of allylic oxidation sites excluding steroid dienone is 3. The van der Waals surface area contributed by atoms with Crippen LogP contribution in [-0.2, 0) is 6.42 Å². The van der Waals surface area contributed by atoms with E-state index in [1.807, 2.05) is 12.1 Å². The molecule has 0 fully saturated rings. The molecule has 3 rings (SSSR count). The number of aromatic nitrogens is 2. The van der Waals surface area contributed by atoms with Crippen molar-refractivity contribution in [1.82, 2.24) is 15.3 Å². The van der Waals surface area contributed by atoms with Crippen molar-refractivity contribution in [3.05, 3.63) is 65.0 Å². The Hall–Kier alpha value is -2.53. The summed E-state index contributed by atoms with van der Waals surface area (Å²) in [6, 6.07) is 8.22. The molecule has 0 amide bonds. The molecule has 2 aromatic rings. The van der Waals surface area contributed by atoms with Gasteiger partial charge in [-0.2, -0.15) is 4.98 Å². The van der Waals surface area contributed by atoms with Crippen LogP contribution in [0.4, 0.5) is 17.5 Å². The van der Waals surface area contributed by atoms with Crippen molar-refractivity contribution in [2.75, 3.05) is 17.6 Å². The molecule has 0 unspecified atom stereocenters. The van der Waals surface area contributed by atoms with Crippen molar-refractivity contribution in [2.45, 2.75) is 19.3 Å². The van der Waals surface area contributed by atoms with Gasteiger partial charge < -0.3 is 16.4 Å². The van der Waals surface area contributed by atoms with Gasteiger partial charge in [0.2, 0.25) is 5.95 Å². The summed E-state index contributed by atoms with van der Waals surface area (Å²) in [5.41, 5.74) is 9.02. The highest BCUT2D eigenvalue weighted by Crippen LogP contribution is 2.23. The second kappa shape index (κ2) is 7.84. The van der Waals surface area contributed by atoms with Crippen molar-refractivity contribution in [3.8, 4) is 0 Å². The van der Waals surface area contributed by atoms with E-state index in [4.69, 9.17) is 17.3 Å². The fourth-order valence-corrected chi connectivity index (χ4v) is 2.66. The molecule has 0 spiro atoms. The number of hydrogen-bond acceptors (Lipinski definition) is 5. The van der Waals surface area contributed by atoms with E-state index in [0.29, 0.717) is 10.8 Å². The third kappa shape index (κ3) is 4.49. The van der Waals surface area contributed by atoms with Gasteiger partial charge in [-0.05, 0) is 43.0 Å². The number of benzene rings is 1. The molecule has 1 aromatic carbocycles. The van der Waals surface area contributed by atoms with Gasteiger partial charge in [0, 0.05) is 17.9 Å². The fraction of sp³-hybridized carbons (Fsp3) is 0.222. The molecule has 24 heavy (non-hydrogen) atoms. The Bertz CT molecular complexity index is 770. The summed E-state index contributed by atoms with van der Waals surface area (Å²) in [7, 11) is 0. The number of nitrogen functional groups attached to an aromatic ring is 1. The van der Waals surface area contributed by atoms with Crippen LogP contribution in [-0.4, -0.2) is 16.5 Å². The minimum Gasteiger partial charge on any atom is -0.385 e. The zero-order chi connectivity index (χ0) is 16.8. The van der Waals surface area contributed by atoms with Gasteiger partial charge >= 0.3 is 0 Å². The number of nitrogens with two attached hydrogens (primary N) is 1. The Morgan fingerprint density at radius 2 is 2.21 bits per heavy atom. The molecule has 1 aliphatic carbocycles. The summed E-state index contributed by atoms with van der Waals surface area (Å²) in [6.07, 6.45) is 11.1. The Labute approximate surface area is 146 Å². The fourth-order valence-electron chi connectivity index (χ4n) is 2.52. The molecule has 0 saturated heterocycles. The largest absolute Gasteiger partial charge is 0.385 e. The molecule has 5 nitrogen and oxygen atoms in total. The SMILES string of the molecule is Nc1ncc(Cl)c(Nc2cccc(CCCNC3=CCC=C3)c2)n1. The lowest BCUT2D eigenvalue weighted by Crippen LogP contribution is -2.13. The van der Waals surface area contributed by atoms with E-state index < -0.39 is 0 Å². The van der Waals surface area contributed by atoms with Crippen LogP contribution in [0.3, 0.4) is 0 Å². The van der Waals surface area contributed by atoms with E-state index in [9.17, 15) is 0 Å². The summed E-state index contributed by atoms with van der Waals surface area (Å²) in [5, 5.41) is 7.06. The van der Waals surface area contributed by atoms with Gasteiger partial charge in [-0.15, -0.1) is 0 Å². The highest BCUT2D eigenvalue weighted by atomic mass is 35.5. The van der Waals surface area contributed by atoms with Crippen LogP contribution in [0.1, 0.15) is 18.4 Å². The Morgan fingerprint density at radius 1 is 1.29 bits per heavy atom. The highest BCUT2D eigenvalue weighted by molar-refractivity contribution is 6.32. The summed E-state index contributed by atoms with van der Waals surface area (Å²) in [4.78, 5) is 7.98. The van der Waals surface area contributed by atoms with Crippen molar-refractivity contribution >= 4 is 29.1 Å². The maximum atomic E-state index is 6.09. The lowest BCUT2D eigenvalue weighted by atomic mass is 10.1. The second-order valence-electron chi connectivity index (χ2n) is 5.58. The van der Waals surface area contributed by atoms with Gasteiger partial charge in [0.1, 0.15) is 5.02 Å². The van der Waals surface area contributed by atoms with Gasteiger partial charge in [0.05, 0.1) is 6.20 Å². The van der Waals surface area contributed by atoms with E-state index in [0.717, 1.165) is 31.5 Å². The van der Waals surface area contributed by atoms with E-state index in [1.54, 1.807) is 0 Å². The molecular formula is C18H20ClN5. The molecule has 0 saturated carbocycles. The average molecular weight is 342 g/mol. The molecule has 4 N–H and O–H groups in total. The summed E-state index contributed by atoms with van der Waals surface area (Å²) < 4.78 is 0. The smallest absolute Gasteiger partial charge is 0.222 e. The third-order valence-corrected chi connectivity index (χ3v) is 3.97. The summed E-state index contributed by atoms with van der Waals surface area (Å²) in [5.74, 6) is 0.710. The summed E-state index contributed by atoms with van der Waals surface area (Å²) >= 11 is 6.09. The normalized spacial score (nSPS) is 13.0.